The molecule has 0 bridgehead atoms. The molecule has 48 heavy (non-hydrogen) atoms. The molecule has 2 saturated carbocycles. The van der Waals surface area contributed by atoms with Gasteiger partial charge >= 0.3 is 0 Å². The van der Waals surface area contributed by atoms with Crippen molar-refractivity contribution < 1.29 is 23.8 Å². The van der Waals surface area contributed by atoms with Crippen LogP contribution in [0.1, 0.15) is 77.9 Å². The maximum atomic E-state index is 13.5. The quantitative estimate of drug-likeness (QED) is 0.251. The molecule has 0 radical (unpaired) electrons. The van der Waals surface area contributed by atoms with E-state index in [0.717, 1.165) is 74.0 Å². The molecule has 2 aliphatic heterocycles. The zero-order chi connectivity index (χ0) is 32.3. The molecule has 0 spiro atoms. The maximum absolute atomic E-state index is 13.5. The van der Waals surface area contributed by atoms with Gasteiger partial charge in [-0.05, 0) is 87.3 Å². The molecule has 0 unspecified atom stereocenters. The molecule has 12 heteroatoms. The van der Waals surface area contributed by atoms with Crippen LogP contribution in [0.5, 0.6) is 5.75 Å². The van der Waals surface area contributed by atoms with Crippen LogP contribution in [-0.4, -0.2) is 88.0 Å². The Balaban J connectivity index is 0.00000401. The minimum absolute atomic E-state index is 0. The summed E-state index contributed by atoms with van der Waals surface area (Å²) in [6, 6.07) is 10.3. The number of nitrogens with one attached hydrogen (secondary N) is 1. The lowest BCUT2D eigenvalue weighted by Gasteiger charge is -2.36. The largest absolute Gasteiger partial charge is 0.486 e. The second-order valence-electron chi connectivity index (χ2n) is 13.6. The van der Waals surface area contributed by atoms with Gasteiger partial charge in [-0.25, -0.2) is 9.97 Å². The van der Waals surface area contributed by atoms with Crippen molar-refractivity contribution in [2.45, 2.75) is 83.6 Å². The zero-order valence-corrected chi connectivity index (χ0v) is 28.8. The first-order chi connectivity index (χ1) is 22.9. The van der Waals surface area contributed by atoms with Gasteiger partial charge in [0, 0.05) is 69.8 Å². The Labute approximate surface area is 289 Å². The number of carbonyl (C=O) groups excluding carboxylic acids is 2. The lowest BCUT2D eigenvalue weighted by Crippen LogP contribution is -2.49. The van der Waals surface area contributed by atoms with E-state index in [0.29, 0.717) is 57.4 Å². The number of hydrogen-bond donors (Lipinski definition) is 2. The minimum atomic E-state index is -0.598. The molecule has 2 aromatic heterocycles. The number of piperazine rings is 1. The number of ketones is 1. The van der Waals surface area contributed by atoms with Crippen molar-refractivity contribution in [3.63, 3.8) is 0 Å². The van der Waals surface area contributed by atoms with Crippen molar-refractivity contribution in [2.24, 2.45) is 5.92 Å². The fraction of sp³-hybridized carbons (Fsp3) is 0.556. The highest BCUT2D eigenvalue weighted by Gasteiger charge is 2.35. The standard InChI is InChI=1S/C36H46N6O5.H2S/c1-24-33(47-23-37-24)22-46-31-9-7-27-20-40(12-11-26(27)17-31)21-30(43)8-10-32(44)28-18-34(38-29-3-2-4-29)39-35(19-28)41-13-15-42(16-14-41)36(45)25-5-6-25;/h7,9,17-19,23,25,29-30,43H,2-6,8,10-16,20-22H2,1H3,(H,38,39);1H2/t30-;/m0./s1. The molecular formula is C36H48N6O5S. The van der Waals surface area contributed by atoms with Gasteiger partial charge in [0.1, 0.15) is 24.0 Å². The summed E-state index contributed by atoms with van der Waals surface area (Å²) in [5.41, 5.74) is 3.95. The van der Waals surface area contributed by atoms with Gasteiger partial charge in [-0.3, -0.25) is 14.5 Å². The SMILES string of the molecule is Cc1ncoc1COc1ccc2c(c1)CCN(C[C@@H](O)CCC(=O)c1cc(NC3CCC3)nc(N3CCN(C(=O)C4CC4)CC3)c1)C2.S. The summed E-state index contributed by atoms with van der Waals surface area (Å²) in [5.74, 6) is 3.59. The number of hydrogen-bond acceptors (Lipinski definition) is 10. The third-order valence-electron chi connectivity index (χ3n) is 10.1. The van der Waals surface area contributed by atoms with E-state index in [1.807, 2.05) is 30.0 Å². The number of aryl methyl sites for hydroxylation is 1. The van der Waals surface area contributed by atoms with Crippen LogP contribution < -0.4 is 15.0 Å². The summed E-state index contributed by atoms with van der Waals surface area (Å²) in [5, 5.41) is 14.5. The molecule has 2 aliphatic carbocycles. The van der Waals surface area contributed by atoms with E-state index in [1.54, 1.807) is 0 Å². The van der Waals surface area contributed by atoms with Gasteiger partial charge in [-0.1, -0.05) is 6.07 Å². The van der Waals surface area contributed by atoms with Gasteiger partial charge in [0.15, 0.2) is 17.9 Å². The predicted molar refractivity (Wildman–Crippen MR) is 188 cm³/mol. The van der Waals surface area contributed by atoms with Crippen LogP contribution in [0.15, 0.2) is 41.1 Å². The molecule has 1 amide bonds. The van der Waals surface area contributed by atoms with Gasteiger partial charge in [0.05, 0.1) is 11.8 Å². The van der Waals surface area contributed by atoms with Crippen molar-refractivity contribution in [3.05, 3.63) is 64.9 Å². The Bertz CT molecular complexity index is 1580. The number of pyridine rings is 1. The average molecular weight is 677 g/mol. The molecule has 3 aromatic rings. The minimum Gasteiger partial charge on any atom is -0.486 e. The number of β-amino-alcohol motifs (C(OH)–C–C–N with tert-alkyl or cyclic N) is 1. The number of carbonyl (C=O) groups is 2. The fourth-order valence-electron chi connectivity index (χ4n) is 6.70. The smallest absolute Gasteiger partial charge is 0.225 e. The molecule has 1 aromatic carbocycles. The Kier molecular flexibility index (Phi) is 10.9. The van der Waals surface area contributed by atoms with E-state index in [1.165, 1.54) is 23.9 Å². The number of oxazole rings is 1. The highest BCUT2D eigenvalue weighted by Crippen LogP contribution is 2.32. The molecule has 4 aliphatic rings. The molecule has 1 atom stereocenters. The van der Waals surface area contributed by atoms with Crippen molar-refractivity contribution in [1.82, 2.24) is 19.8 Å². The number of nitrogens with zero attached hydrogens (tertiary/aromatic N) is 5. The predicted octanol–water partition coefficient (Wildman–Crippen LogP) is 4.47. The Hall–Kier alpha value is -3.61. The van der Waals surface area contributed by atoms with E-state index in [4.69, 9.17) is 14.1 Å². The number of rotatable bonds is 13. The van der Waals surface area contributed by atoms with Crippen molar-refractivity contribution in [2.75, 3.05) is 49.5 Å². The molecule has 11 nitrogen and oxygen atoms in total. The highest BCUT2D eigenvalue weighted by atomic mass is 32.1. The molecule has 1 saturated heterocycles. The van der Waals surface area contributed by atoms with Gasteiger partial charge in [-0.2, -0.15) is 13.5 Å². The number of ether oxygens (including phenoxy) is 1. The monoisotopic (exact) mass is 676 g/mol. The molecule has 258 valence electrons. The summed E-state index contributed by atoms with van der Waals surface area (Å²) >= 11 is 0. The normalized spacial score (nSPS) is 18.8. The number of amides is 1. The third-order valence-corrected chi connectivity index (χ3v) is 10.1. The van der Waals surface area contributed by atoms with E-state index in [9.17, 15) is 14.7 Å². The summed E-state index contributed by atoms with van der Waals surface area (Å²) in [7, 11) is 0. The second-order valence-corrected chi connectivity index (χ2v) is 13.6. The van der Waals surface area contributed by atoms with Gasteiger partial charge in [0.25, 0.3) is 0 Å². The lowest BCUT2D eigenvalue weighted by molar-refractivity contribution is -0.132. The lowest BCUT2D eigenvalue weighted by atomic mass is 9.93. The maximum Gasteiger partial charge on any atom is 0.225 e. The Morgan fingerprint density at radius 1 is 1.06 bits per heavy atom. The number of aliphatic hydroxyl groups excluding tert-OH is 1. The van der Waals surface area contributed by atoms with E-state index >= 15 is 0 Å². The van der Waals surface area contributed by atoms with Crippen LogP contribution in [0.3, 0.4) is 0 Å². The van der Waals surface area contributed by atoms with Gasteiger partial charge in [-0.15, -0.1) is 0 Å². The van der Waals surface area contributed by atoms with Crippen LogP contribution >= 0.6 is 13.5 Å². The number of benzene rings is 1. The number of aliphatic hydroxyl groups is 1. The molecule has 3 fully saturated rings. The van der Waals surface area contributed by atoms with Crippen LogP contribution in [0.25, 0.3) is 0 Å². The summed E-state index contributed by atoms with van der Waals surface area (Å²) in [6.45, 7) is 7.16. The zero-order valence-electron chi connectivity index (χ0n) is 27.8. The molecule has 4 heterocycles. The van der Waals surface area contributed by atoms with Crippen LogP contribution in [0.4, 0.5) is 11.6 Å². The number of Topliss-reactive ketones (excluding diaryl/α,β-unsaturated/α-hetero) is 1. The summed E-state index contributed by atoms with van der Waals surface area (Å²) < 4.78 is 11.3. The van der Waals surface area contributed by atoms with Crippen molar-refractivity contribution in [3.8, 4) is 5.75 Å². The topological polar surface area (TPSA) is 124 Å². The number of aromatic nitrogens is 2. The van der Waals surface area contributed by atoms with Crippen molar-refractivity contribution in [1.29, 1.82) is 0 Å². The number of fused-ring (bicyclic) bond motifs is 1. The highest BCUT2D eigenvalue weighted by molar-refractivity contribution is 7.59. The van der Waals surface area contributed by atoms with E-state index in [-0.39, 0.29) is 37.5 Å². The van der Waals surface area contributed by atoms with Crippen LogP contribution in [0.2, 0.25) is 0 Å². The number of anilines is 2. The Morgan fingerprint density at radius 2 is 1.88 bits per heavy atom. The van der Waals surface area contributed by atoms with Crippen LogP contribution in [-0.2, 0) is 24.4 Å². The van der Waals surface area contributed by atoms with Crippen LogP contribution in [0, 0.1) is 12.8 Å². The van der Waals surface area contributed by atoms with E-state index < -0.39 is 6.10 Å². The summed E-state index contributed by atoms with van der Waals surface area (Å²) in [4.78, 5) is 41.5. The van der Waals surface area contributed by atoms with Gasteiger partial charge in [0.2, 0.25) is 5.91 Å². The first-order valence-electron chi connectivity index (χ1n) is 17.3. The Morgan fingerprint density at radius 3 is 2.58 bits per heavy atom. The van der Waals surface area contributed by atoms with E-state index in [2.05, 4.69) is 32.2 Å². The first kappa shape index (κ1) is 34.3. The molecule has 7 rings (SSSR count). The molecule has 2 N–H and O–H groups in total. The average Bonchev–Trinajstić information content (AvgIpc) is 3.84. The molecular weight excluding hydrogens is 629 g/mol. The summed E-state index contributed by atoms with van der Waals surface area (Å²) in [6.07, 6.45) is 7.86. The second kappa shape index (κ2) is 15.3. The third kappa shape index (κ3) is 8.33. The van der Waals surface area contributed by atoms with Gasteiger partial charge < -0.3 is 29.4 Å². The first-order valence-corrected chi connectivity index (χ1v) is 17.3. The van der Waals surface area contributed by atoms with Crippen molar-refractivity contribution >= 4 is 36.8 Å². The fourth-order valence-corrected chi connectivity index (χ4v) is 6.70.